The van der Waals surface area contributed by atoms with Gasteiger partial charge in [0.15, 0.2) is 0 Å². The number of aryl methyl sites for hydroxylation is 1. The van der Waals surface area contributed by atoms with Crippen LogP contribution in [0.3, 0.4) is 0 Å². The van der Waals surface area contributed by atoms with E-state index in [1.807, 2.05) is 41.3 Å². The number of nitrogens with zero attached hydrogens (tertiary/aromatic N) is 1. The van der Waals surface area contributed by atoms with E-state index in [9.17, 15) is 9.59 Å². The molecule has 2 amide bonds. The Balaban J connectivity index is 1.77. The number of likely N-dealkylation sites (tertiary alicyclic amines) is 1. The predicted octanol–water partition coefficient (Wildman–Crippen LogP) is 3.28. The van der Waals surface area contributed by atoms with Crippen molar-refractivity contribution in [1.29, 1.82) is 0 Å². The van der Waals surface area contributed by atoms with Crippen LogP contribution in [0.25, 0.3) is 0 Å². The van der Waals surface area contributed by atoms with E-state index in [1.54, 1.807) is 7.11 Å². The van der Waals surface area contributed by atoms with Gasteiger partial charge < -0.3 is 15.0 Å². The Morgan fingerprint density at radius 1 is 1.10 bits per heavy atom. The standard InChI is InChI=1S/C24H30N2O3/c1-18-7-6-10-20(15-18)22-12-11-21(24(28)25-13-14-29-2)17-26(22)23(27)16-19-8-4-3-5-9-19/h3-10,15,21-22H,11-14,16-17H2,1-2H3,(H,25,28). The summed E-state index contributed by atoms with van der Waals surface area (Å²) >= 11 is 0. The largest absolute Gasteiger partial charge is 0.383 e. The van der Waals surface area contributed by atoms with E-state index in [1.165, 1.54) is 5.56 Å². The number of carbonyl (C=O) groups is 2. The summed E-state index contributed by atoms with van der Waals surface area (Å²) in [7, 11) is 1.61. The van der Waals surface area contributed by atoms with Gasteiger partial charge in [-0.3, -0.25) is 9.59 Å². The molecule has 0 saturated carbocycles. The molecule has 1 saturated heterocycles. The third kappa shape index (κ3) is 5.67. The summed E-state index contributed by atoms with van der Waals surface area (Å²) in [6.45, 7) is 3.49. The van der Waals surface area contributed by atoms with Gasteiger partial charge in [0, 0.05) is 20.2 Å². The minimum atomic E-state index is -0.187. The molecule has 1 aliphatic heterocycles. The highest BCUT2D eigenvalue weighted by molar-refractivity contribution is 5.82. The number of rotatable bonds is 7. The number of methoxy groups -OCH3 is 1. The van der Waals surface area contributed by atoms with E-state index in [-0.39, 0.29) is 23.8 Å². The van der Waals surface area contributed by atoms with Gasteiger partial charge in [-0.1, -0.05) is 60.2 Å². The zero-order valence-electron chi connectivity index (χ0n) is 17.3. The second-order valence-electron chi connectivity index (χ2n) is 7.70. The summed E-state index contributed by atoms with van der Waals surface area (Å²) in [6, 6.07) is 18.1. The molecule has 1 fully saturated rings. The van der Waals surface area contributed by atoms with Crippen molar-refractivity contribution in [2.24, 2.45) is 5.92 Å². The van der Waals surface area contributed by atoms with Crippen LogP contribution in [0, 0.1) is 12.8 Å². The molecule has 0 radical (unpaired) electrons. The highest BCUT2D eigenvalue weighted by atomic mass is 16.5. The fourth-order valence-corrected chi connectivity index (χ4v) is 3.98. The Labute approximate surface area is 173 Å². The fraction of sp³-hybridized carbons (Fsp3) is 0.417. The molecule has 5 nitrogen and oxygen atoms in total. The molecule has 154 valence electrons. The molecule has 0 spiro atoms. The number of hydrogen-bond donors (Lipinski definition) is 1. The molecule has 5 heteroatoms. The molecule has 1 aliphatic rings. The maximum absolute atomic E-state index is 13.2. The van der Waals surface area contributed by atoms with Crippen molar-refractivity contribution < 1.29 is 14.3 Å². The number of benzene rings is 2. The van der Waals surface area contributed by atoms with Crippen LogP contribution in [-0.4, -0.2) is 43.5 Å². The van der Waals surface area contributed by atoms with Crippen LogP contribution in [0.4, 0.5) is 0 Å². The van der Waals surface area contributed by atoms with Crippen LogP contribution in [0.5, 0.6) is 0 Å². The molecule has 2 atom stereocenters. The summed E-state index contributed by atoms with van der Waals surface area (Å²) < 4.78 is 5.01. The maximum Gasteiger partial charge on any atom is 0.227 e. The van der Waals surface area contributed by atoms with E-state index in [2.05, 4.69) is 30.4 Å². The molecular formula is C24H30N2O3. The molecule has 2 aromatic carbocycles. The summed E-state index contributed by atoms with van der Waals surface area (Å²) in [6.07, 6.45) is 1.90. The van der Waals surface area contributed by atoms with E-state index < -0.39 is 0 Å². The molecule has 3 rings (SSSR count). The lowest BCUT2D eigenvalue weighted by molar-refractivity contribution is -0.138. The topological polar surface area (TPSA) is 58.6 Å². The van der Waals surface area contributed by atoms with Gasteiger partial charge in [0.25, 0.3) is 0 Å². The van der Waals surface area contributed by atoms with Crippen LogP contribution in [0.15, 0.2) is 54.6 Å². The Hall–Kier alpha value is -2.66. The highest BCUT2D eigenvalue weighted by Gasteiger charge is 2.35. The smallest absolute Gasteiger partial charge is 0.227 e. The molecule has 0 bridgehead atoms. The molecule has 29 heavy (non-hydrogen) atoms. The minimum Gasteiger partial charge on any atom is -0.383 e. The molecule has 1 N–H and O–H groups in total. The highest BCUT2D eigenvalue weighted by Crippen LogP contribution is 2.34. The monoisotopic (exact) mass is 394 g/mol. The third-order valence-electron chi connectivity index (χ3n) is 5.50. The first-order chi connectivity index (χ1) is 14.1. The zero-order chi connectivity index (χ0) is 20.6. The van der Waals surface area contributed by atoms with Crippen molar-refractivity contribution in [2.75, 3.05) is 26.8 Å². The van der Waals surface area contributed by atoms with Crippen molar-refractivity contribution in [1.82, 2.24) is 10.2 Å². The number of hydrogen-bond acceptors (Lipinski definition) is 3. The minimum absolute atomic E-state index is 0.00209. The van der Waals surface area contributed by atoms with Crippen LogP contribution in [0.1, 0.15) is 35.6 Å². The molecule has 0 aromatic heterocycles. The van der Waals surface area contributed by atoms with Gasteiger partial charge in [0.2, 0.25) is 11.8 Å². The van der Waals surface area contributed by atoms with Gasteiger partial charge in [-0.15, -0.1) is 0 Å². The lowest BCUT2D eigenvalue weighted by atomic mass is 9.87. The van der Waals surface area contributed by atoms with Gasteiger partial charge in [-0.05, 0) is 30.9 Å². The Bertz CT molecular complexity index is 822. The second kappa shape index (κ2) is 10.2. The lowest BCUT2D eigenvalue weighted by Gasteiger charge is -2.39. The lowest BCUT2D eigenvalue weighted by Crippen LogP contribution is -2.47. The van der Waals surface area contributed by atoms with Gasteiger partial charge in [0.05, 0.1) is 25.0 Å². The molecule has 2 unspecified atom stereocenters. The first-order valence-electron chi connectivity index (χ1n) is 10.2. The van der Waals surface area contributed by atoms with Crippen LogP contribution in [0.2, 0.25) is 0 Å². The van der Waals surface area contributed by atoms with Crippen molar-refractivity contribution in [2.45, 2.75) is 32.2 Å². The number of amides is 2. The van der Waals surface area contributed by atoms with Crippen molar-refractivity contribution >= 4 is 11.8 Å². The second-order valence-corrected chi connectivity index (χ2v) is 7.70. The first kappa shape index (κ1) is 21.1. The van der Waals surface area contributed by atoms with Gasteiger partial charge in [-0.25, -0.2) is 0 Å². The van der Waals surface area contributed by atoms with E-state index >= 15 is 0 Å². The number of nitrogens with one attached hydrogen (secondary N) is 1. The SMILES string of the molecule is COCCNC(=O)C1CCC(c2cccc(C)c2)N(C(=O)Cc2ccccc2)C1. The molecular weight excluding hydrogens is 364 g/mol. The van der Waals surface area contributed by atoms with Crippen LogP contribution >= 0.6 is 0 Å². The van der Waals surface area contributed by atoms with Crippen molar-refractivity contribution in [3.63, 3.8) is 0 Å². The maximum atomic E-state index is 13.2. The van der Waals surface area contributed by atoms with Crippen molar-refractivity contribution in [3.05, 3.63) is 71.3 Å². The zero-order valence-corrected chi connectivity index (χ0v) is 17.3. The molecule has 1 heterocycles. The average molecular weight is 395 g/mol. The fourth-order valence-electron chi connectivity index (χ4n) is 3.98. The number of ether oxygens (including phenoxy) is 1. The van der Waals surface area contributed by atoms with E-state index in [0.29, 0.717) is 26.1 Å². The van der Waals surface area contributed by atoms with Crippen LogP contribution < -0.4 is 5.32 Å². The summed E-state index contributed by atoms with van der Waals surface area (Å²) in [5, 5.41) is 2.92. The quantitative estimate of drug-likeness (QED) is 0.733. The Morgan fingerprint density at radius 3 is 2.62 bits per heavy atom. The van der Waals surface area contributed by atoms with E-state index in [0.717, 1.165) is 24.0 Å². The average Bonchev–Trinajstić information content (AvgIpc) is 2.74. The summed E-state index contributed by atoms with van der Waals surface area (Å²) in [4.78, 5) is 27.7. The van der Waals surface area contributed by atoms with Crippen LogP contribution in [-0.2, 0) is 20.7 Å². The Morgan fingerprint density at radius 2 is 1.90 bits per heavy atom. The summed E-state index contributed by atoms with van der Waals surface area (Å²) in [5.74, 6) is -0.119. The Kier molecular flexibility index (Phi) is 7.42. The van der Waals surface area contributed by atoms with Gasteiger partial charge in [0.1, 0.15) is 0 Å². The van der Waals surface area contributed by atoms with Gasteiger partial charge >= 0.3 is 0 Å². The normalized spacial score (nSPS) is 19.0. The number of carbonyl (C=O) groups excluding carboxylic acids is 2. The van der Waals surface area contributed by atoms with Gasteiger partial charge in [-0.2, -0.15) is 0 Å². The number of piperidine rings is 1. The molecule has 0 aliphatic carbocycles. The molecule has 2 aromatic rings. The van der Waals surface area contributed by atoms with E-state index in [4.69, 9.17) is 4.74 Å². The summed E-state index contributed by atoms with van der Waals surface area (Å²) in [5.41, 5.74) is 3.31. The first-order valence-corrected chi connectivity index (χ1v) is 10.2. The van der Waals surface area contributed by atoms with Crippen molar-refractivity contribution in [3.8, 4) is 0 Å². The predicted molar refractivity (Wildman–Crippen MR) is 113 cm³/mol. The third-order valence-corrected chi connectivity index (χ3v) is 5.50.